The average molecular weight is 218 g/mol. The SMILES string of the molecule is C=C/C=C(/C(=C/C=C)C(C)(C)C)C(C)(C)C. The van der Waals surface area contributed by atoms with E-state index in [-0.39, 0.29) is 10.8 Å². The molecule has 0 aromatic heterocycles. The summed E-state index contributed by atoms with van der Waals surface area (Å²) in [5, 5.41) is 0. The molecule has 0 N–H and O–H groups in total. The molecule has 90 valence electrons. The first-order valence-electron chi connectivity index (χ1n) is 5.81. The topological polar surface area (TPSA) is 0 Å². The molecule has 0 bridgehead atoms. The number of allylic oxidation sites excluding steroid dienone is 6. The maximum Gasteiger partial charge on any atom is -0.0129 e. The Balaban J connectivity index is 5.67. The lowest BCUT2D eigenvalue weighted by molar-refractivity contribution is 0.446. The van der Waals surface area contributed by atoms with Crippen LogP contribution in [0.15, 0.2) is 48.6 Å². The molecule has 0 heterocycles. The van der Waals surface area contributed by atoms with E-state index in [1.54, 1.807) is 0 Å². The number of rotatable bonds is 3. The molecular weight excluding hydrogens is 192 g/mol. The fraction of sp³-hybridized carbons (Fsp3) is 0.500. The first-order valence-corrected chi connectivity index (χ1v) is 5.81. The first kappa shape index (κ1) is 15.0. The van der Waals surface area contributed by atoms with Crippen molar-refractivity contribution in [2.75, 3.05) is 0 Å². The van der Waals surface area contributed by atoms with Gasteiger partial charge < -0.3 is 0 Å². The van der Waals surface area contributed by atoms with Crippen LogP contribution >= 0.6 is 0 Å². The Morgan fingerprint density at radius 1 is 0.688 bits per heavy atom. The summed E-state index contributed by atoms with van der Waals surface area (Å²) in [5.41, 5.74) is 2.90. The van der Waals surface area contributed by atoms with E-state index in [9.17, 15) is 0 Å². The highest BCUT2D eigenvalue weighted by Crippen LogP contribution is 2.40. The van der Waals surface area contributed by atoms with E-state index >= 15 is 0 Å². The van der Waals surface area contributed by atoms with Gasteiger partial charge in [-0.1, -0.05) is 79.0 Å². The van der Waals surface area contributed by atoms with Crippen molar-refractivity contribution in [1.29, 1.82) is 0 Å². The second-order valence-corrected chi connectivity index (χ2v) is 6.13. The molecule has 0 radical (unpaired) electrons. The van der Waals surface area contributed by atoms with E-state index in [0.717, 1.165) is 0 Å². The van der Waals surface area contributed by atoms with Crippen molar-refractivity contribution in [3.05, 3.63) is 48.6 Å². The molecule has 0 aliphatic heterocycles. The quantitative estimate of drug-likeness (QED) is 0.564. The van der Waals surface area contributed by atoms with E-state index in [2.05, 4.69) is 66.9 Å². The molecule has 0 atom stereocenters. The summed E-state index contributed by atoms with van der Waals surface area (Å²) in [6.45, 7) is 21.0. The minimum Gasteiger partial charge on any atom is -0.0991 e. The van der Waals surface area contributed by atoms with Crippen LogP contribution in [-0.4, -0.2) is 0 Å². The highest BCUT2D eigenvalue weighted by Gasteiger charge is 2.27. The van der Waals surface area contributed by atoms with Gasteiger partial charge in [0.2, 0.25) is 0 Å². The lowest BCUT2D eigenvalue weighted by Gasteiger charge is -2.33. The molecule has 0 unspecified atom stereocenters. The molecule has 0 saturated carbocycles. The summed E-state index contributed by atoms with van der Waals surface area (Å²) in [6.07, 6.45) is 7.95. The van der Waals surface area contributed by atoms with Gasteiger partial charge in [-0.2, -0.15) is 0 Å². The molecule has 0 rings (SSSR count). The van der Waals surface area contributed by atoms with Crippen molar-refractivity contribution in [3.8, 4) is 0 Å². The predicted molar refractivity (Wildman–Crippen MR) is 75.5 cm³/mol. The smallest absolute Gasteiger partial charge is 0.0129 e. The van der Waals surface area contributed by atoms with Crippen LogP contribution in [0.4, 0.5) is 0 Å². The fourth-order valence-corrected chi connectivity index (χ4v) is 1.72. The third-order valence-corrected chi connectivity index (χ3v) is 2.48. The van der Waals surface area contributed by atoms with Crippen molar-refractivity contribution in [2.24, 2.45) is 10.8 Å². The highest BCUT2D eigenvalue weighted by atomic mass is 14.3. The van der Waals surface area contributed by atoms with E-state index < -0.39 is 0 Å². The van der Waals surface area contributed by atoms with Gasteiger partial charge in [-0.15, -0.1) is 0 Å². The highest BCUT2D eigenvalue weighted by molar-refractivity contribution is 5.42. The van der Waals surface area contributed by atoms with Crippen molar-refractivity contribution < 1.29 is 0 Å². The van der Waals surface area contributed by atoms with E-state index in [0.29, 0.717) is 0 Å². The van der Waals surface area contributed by atoms with Gasteiger partial charge in [0.15, 0.2) is 0 Å². The summed E-state index contributed by atoms with van der Waals surface area (Å²) in [6, 6.07) is 0. The van der Waals surface area contributed by atoms with Gasteiger partial charge >= 0.3 is 0 Å². The number of hydrogen-bond acceptors (Lipinski definition) is 0. The number of hydrogen-bond donors (Lipinski definition) is 0. The summed E-state index contributed by atoms with van der Waals surface area (Å²) in [5.74, 6) is 0. The van der Waals surface area contributed by atoms with Gasteiger partial charge in [-0.05, 0) is 22.0 Å². The van der Waals surface area contributed by atoms with E-state index in [4.69, 9.17) is 0 Å². The molecule has 0 spiro atoms. The molecule has 0 amide bonds. The van der Waals surface area contributed by atoms with Crippen molar-refractivity contribution >= 4 is 0 Å². The molecule has 0 fully saturated rings. The molecule has 0 aliphatic rings. The molecule has 0 nitrogen and oxygen atoms in total. The van der Waals surface area contributed by atoms with Gasteiger partial charge in [0.1, 0.15) is 0 Å². The van der Waals surface area contributed by atoms with Gasteiger partial charge in [0.25, 0.3) is 0 Å². The van der Waals surface area contributed by atoms with Gasteiger partial charge in [0, 0.05) is 0 Å². The lowest BCUT2D eigenvalue weighted by atomic mass is 9.72. The zero-order valence-corrected chi connectivity index (χ0v) is 11.7. The minimum atomic E-state index is 0.121. The second-order valence-electron chi connectivity index (χ2n) is 6.13. The summed E-state index contributed by atoms with van der Waals surface area (Å²) < 4.78 is 0. The Morgan fingerprint density at radius 2 is 0.938 bits per heavy atom. The molecular formula is C16H26. The molecule has 0 aromatic rings. The van der Waals surface area contributed by atoms with Crippen LogP contribution in [0.5, 0.6) is 0 Å². The third kappa shape index (κ3) is 4.22. The summed E-state index contributed by atoms with van der Waals surface area (Å²) >= 11 is 0. The van der Waals surface area contributed by atoms with Crippen LogP contribution in [0.3, 0.4) is 0 Å². The van der Waals surface area contributed by atoms with Crippen molar-refractivity contribution in [1.82, 2.24) is 0 Å². The van der Waals surface area contributed by atoms with Gasteiger partial charge in [-0.25, -0.2) is 0 Å². The van der Waals surface area contributed by atoms with E-state index in [1.807, 2.05) is 12.2 Å². The van der Waals surface area contributed by atoms with Crippen LogP contribution in [0, 0.1) is 10.8 Å². The van der Waals surface area contributed by atoms with Crippen LogP contribution in [0.1, 0.15) is 41.5 Å². The van der Waals surface area contributed by atoms with Crippen molar-refractivity contribution in [3.63, 3.8) is 0 Å². The zero-order chi connectivity index (χ0) is 13.0. The Morgan fingerprint density at radius 3 is 1.06 bits per heavy atom. The predicted octanol–water partition coefficient (Wildman–Crippen LogP) is 5.30. The largest absolute Gasteiger partial charge is 0.0991 e. The van der Waals surface area contributed by atoms with Crippen LogP contribution < -0.4 is 0 Å². The van der Waals surface area contributed by atoms with Crippen molar-refractivity contribution in [2.45, 2.75) is 41.5 Å². The van der Waals surface area contributed by atoms with E-state index in [1.165, 1.54) is 11.1 Å². The standard InChI is InChI=1S/C16H26/c1-9-11-13(15(3,4)5)14(12-10-2)16(6,7)8/h9-12H,1-2H2,3-8H3/b13-11-,14-12-. The Hall–Kier alpha value is -1.04. The normalized spacial score (nSPS) is 14.9. The van der Waals surface area contributed by atoms with Crippen LogP contribution in [0.2, 0.25) is 0 Å². The fourth-order valence-electron chi connectivity index (χ4n) is 1.72. The third-order valence-electron chi connectivity index (χ3n) is 2.48. The molecule has 16 heavy (non-hydrogen) atoms. The van der Waals surface area contributed by atoms with Gasteiger partial charge in [0.05, 0.1) is 0 Å². The second kappa shape index (κ2) is 5.34. The van der Waals surface area contributed by atoms with Crippen LogP contribution in [0.25, 0.3) is 0 Å². The van der Waals surface area contributed by atoms with Gasteiger partial charge in [-0.3, -0.25) is 0 Å². The lowest BCUT2D eigenvalue weighted by Crippen LogP contribution is -2.20. The molecule has 0 aliphatic carbocycles. The maximum atomic E-state index is 3.81. The maximum absolute atomic E-state index is 3.81. The minimum absolute atomic E-state index is 0.121. The summed E-state index contributed by atoms with van der Waals surface area (Å²) in [7, 11) is 0. The Kier molecular flexibility index (Phi) is 4.99. The molecule has 0 aromatic carbocycles. The molecule has 0 heteroatoms. The first-order chi connectivity index (χ1) is 7.14. The monoisotopic (exact) mass is 218 g/mol. The van der Waals surface area contributed by atoms with Crippen LogP contribution in [-0.2, 0) is 0 Å². The Labute approximate surface area is 101 Å². The molecule has 0 saturated heterocycles. The average Bonchev–Trinajstić information content (AvgIpc) is 2.07. The zero-order valence-electron chi connectivity index (χ0n) is 11.7. The summed E-state index contributed by atoms with van der Waals surface area (Å²) in [4.78, 5) is 0. The Bertz CT molecular complexity index is 277.